The Morgan fingerprint density at radius 2 is 1.95 bits per heavy atom. The highest BCUT2D eigenvalue weighted by molar-refractivity contribution is 5.99. The summed E-state index contributed by atoms with van der Waals surface area (Å²) in [6.45, 7) is 4.79. The molecule has 6 heteroatoms. The van der Waals surface area contributed by atoms with Crippen LogP contribution in [0.4, 0.5) is 8.78 Å². The van der Waals surface area contributed by atoms with Gasteiger partial charge < -0.3 is 9.42 Å². The van der Waals surface area contributed by atoms with Crippen LogP contribution in [-0.4, -0.2) is 29.1 Å². The van der Waals surface area contributed by atoms with E-state index in [0.717, 1.165) is 12.1 Å². The first kappa shape index (κ1) is 14.2. The standard InChI is InChI=1S/C14H14F2N2O2/c1-3-18(4-2)14(19)10-8-17-20-13(10)9-5-6-11(15)12(16)7-9/h5-8H,3-4H2,1-2H3. The highest BCUT2D eigenvalue weighted by Crippen LogP contribution is 2.26. The van der Waals surface area contributed by atoms with Crippen LogP contribution in [-0.2, 0) is 0 Å². The smallest absolute Gasteiger partial charge is 0.259 e. The number of carbonyl (C=O) groups excluding carboxylic acids is 1. The van der Waals surface area contributed by atoms with Gasteiger partial charge in [-0.05, 0) is 32.0 Å². The van der Waals surface area contributed by atoms with Gasteiger partial charge in [-0.2, -0.15) is 0 Å². The van der Waals surface area contributed by atoms with Crippen LogP contribution in [0.15, 0.2) is 28.9 Å². The van der Waals surface area contributed by atoms with E-state index in [1.807, 2.05) is 13.8 Å². The number of halogens is 2. The third-order valence-electron chi connectivity index (χ3n) is 3.03. The Kier molecular flexibility index (Phi) is 4.12. The molecule has 0 aliphatic heterocycles. The number of carbonyl (C=O) groups is 1. The molecule has 0 aliphatic carbocycles. The Morgan fingerprint density at radius 3 is 2.55 bits per heavy atom. The van der Waals surface area contributed by atoms with Crippen molar-refractivity contribution in [2.45, 2.75) is 13.8 Å². The molecule has 2 rings (SSSR count). The molecule has 2 aromatic rings. The van der Waals surface area contributed by atoms with Gasteiger partial charge in [0.1, 0.15) is 5.56 Å². The molecule has 1 amide bonds. The zero-order valence-electron chi connectivity index (χ0n) is 11.2. The van der Waals surface area contributed by atoms with Gasteiger partial charge in [0, 0.05) is 18.7 Å². The van der Waals surface area contributed by atoms with Gasteiger partial charge in [-0.1, -0.05) is 5.16 Å². The fourth-order valence-electron chi connectivity index (χ4n) is 1.92. The molecule has 0 N–H and O–H groups in total. The molecular weight excluding hydrogens is 266 g/mol. The lowest BCUT2D eigenvalue weighted by atomic mass is 10.1. The summed E-state index contributed by atoms with van der Waals surface area (Å²) in [6.07, 6.45) is 1.29. The van der Waals surface area contributed by atoms with Gasteiger partial charge >= 0.3 is 0 Å². The second kappa shape index (κ2) is 5.81. The zero-order chi connectivity index (χ0) is 14.7. The van der Waals surface area contributed by atoms with E-state index < -0.39 is 11.6 Å². The molecule has 0 saturated heterocycles. The van der Waals surface area contributed by atoms with Gasteiger partial charge in [0.05, 0.1) is 6.20 Å². The first-order chi connectivity index (χ1) is 9.58. The van der Waals surface area contributed by atoms with E-state index in [1.165, 1.54) is 12.3 Å². The summed E-state index contributed by atoms with van der Waals surface area (Å²) in [4.78, 5) is 13.9. The van der Waals surface area contributed by atoms with E-state index >= 15 is 0 Å². The highest BCUT2D eigenvalue weighted by Gasteiger charge is 2.22. The first-order valence-corrected chi connectivity index (χ1v) is 6.27. The third-order valence-corrected chi connectivity index (χ3v) is 3.03. The van der Waals surface area contributed by atoms with Gasteiger partial charge in [0.2, 0.25) is 0 Å². The molecule has 0 unspecified atom stereocenters. The van der Waals surface area contributed by atoms with Crippen molar-refractivity contribution >= 4 is 5.91 Å². The molecule has 0 spiro atoms. The molecule has 20 heavy (non-hydrogen) atoms. The maximum atomic E-state index is 13.3. The Hall–Kier alpha value is -2.24. The summed E-state index contributed by atoms with van der Waals surface area (Å²) >= 11 is 0. The van der Waals surface area contributed by atoms with Crippen LogP contribution in [0.3, 0.4) is 0 Å². The molecule has 1 heterocycles. The molecule has 1 aromatic heterocycles. The van der Waals surface area contributed by atoms with Crippen molar-refractivity contribution in [2.24, 2.45) is 0 Å². The number of hydrogen-bond donors (Lipinski definition) is 0. The molecule has 0 bridgehead atoms. The molecule has 1 aromatic carbocycles. The van der Waals surface area contributed by atoms with E-state index in [0.29, 0.717) is 13.1 Å². The van der Waals surface area contributed by atoms with Crippen molar-refractivity contribution in [3.05, 3.63) is 41.6 Å². The molecule has 0 aliphatic rings. The molecule has 0 atom stereocenters. The minimum atomic E-state index is -1.000. The largest absolute Gasteiger partial charge is 0.355 e. The van der Waals surface area contributed by atoms with Crippen molar-refractivity contribution in [1.82, 2.24) is 10.1 Å². The number of nitrogens with zero attached hydrogens (tertiary/aromatic N) is 2. The Labute approximate surface area is 115 Å². The molecular formula is C14H14F2N2O2. The lowest BCUT2D eigenvalue weighted by Crippen LogP contribution is -2.30. The van der Waals surface area contributed by atoms with E-state index in [9.17, 15) is 13.6 Å². The average Bonchev–Trinajstić information content (AvgIpc) is 2.92. The lowest BCUT2D eigenvalue weighted by molar-refractivity contribution is 0.0773. The zero-order valence-corrected chi connectivity index (χ0v) is 11.2. The van der Waals surface area contributed by atoms with Crippen LogP contribution in [0.5, 0.6) is 0 Å². The van der Waals surface area contributed by atoms with Gasteiger partial charge in [-0.3, -0.25) is 4.79 Å². The molecule has 106 valence electrons. The summed E-state index contributed by atoms with van der Waals surface area (Å²) in [5.41, 5.74) is 0.511. The van der Waals surface area contributed by atoms with Gasteiger partial charge in [-0.25, -0.2) is 8.78 Å². The van der Waals surface area contributed by atoms with Crippen LogP contribution in [0, 0.1) is 11.6 Å². The Bertz CT molecular complexity index is 621. The fraction of sp³-hybridized carbons (Fsp3) is 0.286. The second-order valence-electron chi connectivity index (χ2n) is 4.17. The Morgan fingerprint density at radius 1 is 1.25 bits per heavy atom. The molecule has 0 radical (unpaired) electrons. The molecule has 0 fully saturated rings. The number of amides is 1. The first-order valence-electron chi connectivity index (χ1n) is 6.27. The van der Waals surface area contributed by atoms with Crippen LogP contribution in [0.2, 0.25) is 0 Å². The summed E-state index contributed by atoms with van der Waals surface area (Å²) in [6, 6.07) is 3.31. The van der Waals surface area contributed by atoms with E-state index in [1.54, 1.807) is 4.90 Å². The summed E-state index contributed by atoms with van der Waals surface area (Å²) in [5, 5.41) is 3.58. The van der Waals surface area contributed by atoms with Crippen LogP contribution < -0.4 is 0 Å². The van der Waals surface area contributed by atoms with Gasteiger partial charge in [0.25, 0.3) is 5.91 Å². The van der Waals surface area contributed by atoms with Crippen LogP contribution >= 0.6 is 0 Å². The molecule has 4 nitrogen and oxygen atoms in total. The van der Waals surface area contributed by atoms with Crippen molar-refractivity contribution < 1.29 is 18.1 Å². The SMILES string of the molecule is CCN(CC)C(=O)c1cnoc1-c1ccc(F)c(F)c1. The monoisotopic (exact) mass is 280 g/mol. The van der Waals surface area contributed by atoms with E-state index in [4.69, 9.17) is 4.52 Å². The lowest BCUT2D eigenvalue weighted by Gasteiger charge is -2.17. The predicted molar refractivity (Wildman–Crippen MR) is 69.1 cm³/mol. The minimum absolute atomic E-state index is 0.140. The normalized spacial score (nSPS) is 10.6. The topological polar surface area (TPSA) is 46.3 Å². The summed E-state index contributed by atoms with van der Waals surface area (Å²) in [5.74, 6) is -2.07. The van der Waals surface area contributed by atoms with Crippen LogP contribution in [0.1, 0.15) is 24.2 Å². The van der Waals surface area contributed by atoms with Crippen molar-refractivity contribution in [3.63, 3.8) is 0 Å². The minimum Gasteiger partial charge on any atom is -0.355 e. The fourth-order valence-corrected chi connectivity index (χ4v) is 1.92. The van der Waals surface area contributed by atoms with E-state index in [2.05, 4.69) is 5.16 Å². The maximum absolute atomic E-state index is 13.3. The predicted octanol–water partition coefficient (Wildman–Crippen LogP) is 3.10. The number of aromatic nitrogens is 1. The van der Waals surface area contributed by atoms with Gasteiger partial charge in [0.15, 0.2) is 17.4 Å². The van der Waals surface area contributed by atoms with Gasteiger partial charge in [-0.15, -0.1) is 0 Å². The quantitative estimate of drug-likeness (QED) is 0.864. The van der Waals surface area contributed by atoms with Crippen molar-refractivity contribution in [2.75, 3.05) is 13.1 Å². The van der Waals surface area contributed by atoms with Crippen molar-refractivity contribution in [3.8, 4) is 11.3 Å². The van der Waals surface area contributed by atoms with E-state index in [-0.39, 0.29) is 22.8 Å². The van der Waals surface area contributed by atoms with Crippen LogP contribution in [0.25, 0.3) is 11.3 Å². The number of hydrogen-bond acceptors (Lipinski definition) is 3. The van der Waals surface area contributed by atoms with Crippen molar-refractivity contribution in [1.29, 1.82) is 0 Å². The third kappa shape index (κ3) is 2.54. The second-order valence-corrected chi connectivity index (χ2v) is 4.17. The molecule has 0 saturated carbocycles. The Balaban J connectivity index is 2.42. The highest BCUT2D eigenvalue weighted by atomic mass is 19.2. The average molecular weight is 280 g/mol. The number of benzene rings is 1. The number of rotatable bonds is 4. The summed E-state index contributed by atoms with van der Waals surface area (Å²) in [7, 11) is 0. The maximum Gasteiger partial charge on any atom is 0.259 e. The summed E-state index contributed by atoms with van der Waals surface area (Å²) < 4.78 is 31.2.